The second-order valence-electron chi connectivity index (χ2n) is 4.00. The first-order valence-electron chi connectivity index (χ1n) is 5.17. The number of Topliss-reactive ketones (excluding diaryl/α,β-unsaturated/α-hetero) is 1. The van der Waals surface area contributed by atoms with E-state index in [1.54, 1.807) is 0 Å². The molecule has 0 atom stereocenters. The first kappa shape index (κ1) is 17.5. The van der Waals surface area contributed by atoms with Gasteiger partial charge in [0.25, 0.3) is 0 Å². The quantitative estimate of drug-likeness (QED) is 0.331. The van der Waals surface area contributed by atoms with Crippen molar-refractivity contribution in [3.05, 3.63) is 0 Å². The Hall–Kier alpha value is 0.140. The van der Waals surface area contributed by atoms with Gasteiger partial charge in [-0.05, 0) is 19.3 Å². The molecule has 0 aliphatic rings. The number of esters is 1. The van der Waals surface area contributed by atoms with Crippen LogP contribution in [0.4, 0.5) is 0 Å². The maximum Gasteiger partial charge on any atom is 1.00 e. The van der Waals surface area contributed by atoms with Crippen molar-refractivity contribution in [2.24, 2.45) is 5.92 Å². The molecule has 0 spiro atoms. The summed E-state index contributed by atoms with van der Waals surface area (Å²) in [6.45, 7) is 5.65. The molecule has 0 saturated heterocycles. The molecule has 0 aliphatic carbocycles. The molecule has 0 fully saturated rings. The molecule has 3 nitrogen and oxygen atoms in total. The monoisotopic (exact) mass is 224 g/mol. The summed E-state index contributed by atoms with van der Waals surface area (Å²) in [4.78, 5) is 21.5. The van der Waals surface area contributed by atoms with E-state index in [0.29, 0.717) is 12.3 Å². The molecule has 0 saturated carbocycles. The van der Waals surface area contributed by atoms with Crippen LogP contribution in [0, 0.1) is 5.92 Å². The zero-order chi connectivity index (χ0) is 11.0. The molecule has 0 N–H and O–H groups in total. The molecular formula is C11H21NaO3. The number of unbranched alkanes of at least 4 members (excludes halogenated alkanes) is 1. The van der Waals surface area contributed by atoms with Gasteiger partial charge < -0.3 is 6.16 Å². The summed E-state index contributed by atoms with van der Waals surface area (Å²) >= 11 is 0. The van der Waals surface area contributed by atoms with Gasteiger partial charge in [-0.15, -0.1) is 0 Å². The summed E-state index contributed by atoms with van der Waals surface area (Å²) in [6.07, 6.45) is 3.47. The van der Waals surface area contributed by atoms with Crippen molar-refractivity contribution in [3.63, 3.8) is 0 Å². The fraction of sp³-hybridized carbons (Fsp3) is 0.818. The molecule has 0 unspecified atom stereocenters. The largest absolute Gasteiger partial charge is 1.00 e. The van der Waals surface area contributed by atoms with Crippen molar-refractivity contribution >= 4 is 11.8 Å². The van der Waals surface area contributed by atoms with E-state index in [4.69, 9.17) is 4.74 Å². The zero-order valence-corrected chi connectivity index (χ0v) is 12.3. The average molecular weight is 224 g/mol. The molecular weight excluding hydrogens is 203 g/mol. The Labute approximate surface area is 116 Å². The van der Waals surface area contributed by atoms with Crippen LogP contribution >= 0.6 is 0 Å². The van der Waals surface area contributed by atoms with Gasteiger partial charge in [0, 0.05) is 6.42 Å². The Kier molecular flexibility index (Phi) is 12.4. The Morgan fingerprint density at radius 2 is 1.87 bits per heavy atom. The van der Waals surface area contributed by atoms with E-state index >= 15 is 0 Å². The minimum Gasteiger partial charge on any atom is -1.00 e. The van der Waals surface area contributed by atoms with Crippen molar-refractivity contribution in [3.8, 4) is 0 Å². The number of hydrogen-bond donors (Lipinski definition) is 0. The van der Waals surface area contributed by atoms with Crippen molar-refractivity contribution < 1.29 is 45.3 Å². The van der Waals surface area contributed by atoms with E-state index in [1.807, 2.05) is 0 Å². The van der Waals surface area contributed by atoms with Gasteiger partial charge in [0.15, 0.2) is 5.78 Å². The first-order chi connectivity index (χ1) is 6.52. The summed E-state index contributed by atoms with van der Waals surface area (Å²) in [5.74, 6) is 0.313. The van der Waals surface area contributed by atoms with Crippen LogP contribution in [0.1, 0.15) is 47.9 Å². The average Bonchev–Trinajstić information content (AvgIpc) is 2.08. The fourth-order valence-electron chi connectivity index (χ4n) is 1.08. The summed E-state index contributed by atoms with van der Waals surface area (Å²) in [7, 11) is 0. The molecule has 15 heavy (non-hydrogen) atoms. The molecule has 0 heterocycles. The van der Waals surface area contributed by atoms with Crippen LogP contribution < -0.4 is 29.6 Å². The number of rotatable bonds is 7. The molecule has 0 aromatic carbocycles. The fourth-order valence-corrected chi connectivity index (χ4v) is 1.08. The summed E-state index contributed by atoms with van der Waals surface area (Å²) < 4.78 is 4.72. The van der Waals surface area contributed by atoms with Gasteiger partial charge in [-0.3, -0.25) is 9.59 Å². The SMILES string of the molecule is CC(=O)COC(=O)CCCCC(C)C.[H-].[Na+]. The Balaban J connectivity index is -0.000000845. The molecule has 0 rings (SSSR count). The van der Waals surface area contributed by atoms with E-state index in [9.17, 15) is 9.59 Å². The van der Waals surface area contributed by atoms with Crippen LogP contribution in [-0.2, 0) is 14.3 Å². The van der Waals surface area contributed by atoms with Gasteiger partial charge in [-0.1, -0.05) is 26.7 Å². The third kappa shape index (κ3) is 14.1. The predicted octanol–water partition coefficient (Wildman–Crippen LogP) is -0.548. The predicted molar refractivity (Wildman–Crippen MR) is 56.1 cm³/mol. The van der Waals surface area contributed by atoms with Gasteiger partial charge in [0.2, 0.25) is 0 Å². The maximum atomic E-state index is 11.0. The Bertz CT molecular complexity index is 196. The minimum absolute atomic E-state index is 0. The number of carbonyl (C=O) groups is 2. The molecule has 0 radical (unpaired) electrons. The van der Waals surface area contributed by atoms with Crippen LogP contribution in [0.5, 0.6) is 0 Å². The van der Waals surface area contributed by atoms with Crippen LogP contribution in [0.25, 0.3) is 0 Å². The standard InChI is InChI=1S/C11H20O3.Na.H/c1-9(2)6-4-5-7-11(13)14-8-10(3)12;;/h9H,4-8H2,1-3H3;;/q;+1;-1. The molecule has 4 heteroatoms. The van der Waals surface area contributed by atoms with Gasteiger partial charge >= 0.3 is 35.5 Å². The van der Waals surface area contributed by atoms with Gasteiger partial charge in [0.05, 0.1) is 0 Å². The van der Waals surface area contributed by atoms with E-state index in [0.717, 1.165) is 19.3 Å². The Morgan fingerprint density at radius 1 is 1.27 bits per heavy atom. The van der Waals surface area contributed by atoms with Gasteiger partial charge in [-0.2, -0.15) is 0 Å². The van der Waals surface area contributed by atoms with Crippen molar-refractivity contribution in [1.82, 2.24) is 0 Å². The zero-order valence-electron chi connectivity index (χ0n) is 11.3. The van der Waals surface area contributed by atoms with E-state index < -0.39 is 0 Å². The summed E-state index contributed by atoms with van der Waals surface area (Å²) in [6, 6.07) is 0. The molecule has 0 aromatic rings. The third-order valence-electron chi connectivity index (χ3n) is 1.85. The summed E-state index contributed by atoms with van der Waals surface area (Å²) in [5, 5.41) is 0. The Morgan fingerprint density at radius 3 is 2.33 bits per heavy atom. The van der Waals surface area contributed by atoms with Crippen molar-refractivity contribution in [2.45, 2.75) is 46.5 Å². The van der Waals surface area contributed by atoms with Crippen LogP contribution in [-0.4, -0.2) is 18.4 Å². The molecule has 0 bridgehead atoms. The smallest absolute Gasteiger partial charge is 1.00 e. The number of carbonyl (C=O) groups excluding carboxylic acids is 2. The van der Waals surface area contributed by atoms with Gasteiger partial charge in [-0.25, -0.2) is 0 Å². The molecule has 0 aromatic heterocycles. The van der Waals surface area contributed by atoms with Crippen LogP contribution in [0.15, 0.2) is 0 Å². The van der Waals surface area contributed by atoms with Crippen LogP contribution in [0.3, 0.4) is 0 Å². The van der Waals surface area contributed by atoms with Crippen molar-refractivity contribution in [1.29, 1.82) is 0 Å². The van der Waals surface area contributed by atoms with E-state index in [-0.39, 0.29) is 49.3 Å². The van der Waals surface area contributed by atoms with Gasteiger partial charge in [0.1, 0.15) is 6.61 Å². The molecule has 0 aliphatic heterocycles. The summed E-state index contributed by atoms with van der Waals surface area (Å²) in [5.41, 5.74) is 0. The van der Waals surface area contributed by atoms with E-state index in [1.165, 1.54) is 6.92 Å². The molecule has 84 valence electrons. The topological polar surface area (TPSA) is 43.4 Å². The number of ether oxygens (including phenoxy) is 1. The third-order valence-corrected chi connectivity index (χ3v) is 1.85. The van der Waals surface area contributed by atoms with Crippen LogP contribution in [0.2, 0.25) is 0 Å². The minimum atomic E-state index is -0.260. The first-order valence-corrected chi connectivity index (χ1v) is 5.17. The van der Waals surface area contributed by atoms with Crippen molar-refractivity contribution in [2.75, 3.05) is 6.61 Å². The molecule has 0 amide bonds. The maximum absolute atomic E-state index is 11.0. The second kappa shape index (κ2) is 10.7. The normalized spacial score (nSPS) is 9.60. The number of hydrogen-bond acceptors (Lipinski definition) is 3. The number of ketones is 1. The second-order valence-corrected chi connectivity index (χ2v) is 4.00. The van der Waals surface area contributed by atoms with E-state index in [2.05, 4.69) is 13.8 Å².